The Morgan fingerprint density at radius 1 is 1.21 bits per heavy atom. The minimum atomic E-state index is -1.36. The minimum absolute atomic E-state index is 0.0283. The van der Waals surface area contributed by atoms with E-state index in [4.69, 9.17) is 9.84 Å². The molecule has 13 nitrogen and oxygen atoms in total. The van der Waals surface area contributed by atoms with E-state index in [-0.39, 0.29) is 13.0 Å². The highest BCUT2D eigenvalue weighted by Gasteiger charge is 2.34. The molecule has 6 amide bonds. The van der Waals surface area contributed by atoms with Gasteiger partial charge >= 0.3 is 12.0 Å². The third-order valence-corrected chi connectivity index (χ3v) is 5.35. The Morgan fingerprint density at radius 2 is 1.91 bits per heavy atom. The fourth-order valence-electron chi connectivity index (χ4n) is 3.09. The van der Waals surface area contributed by atoms with Crippen molar-refractivity contribution in [2.75, 3.05) is 31.8 Å². The van der Waals surface area contributed by atoms with Gasteiger partial charge in [-0.25, -0.2) is 9.69 Å². The van der Waals surface area contributed by atoms with E-state index in [1.165, 1.54) is 12.0 Å². The van der Waals surface area contributed by atoms with E-state index < -0.39 is 61.3 Å². The summed E-state index contributed by atoms with van der Waals surface area (Å²) in [5.41, 5.74) is 0.484. The average Bonchev–Trinajstić information content (AvgIpc) is 2.76. The monoisotopic (exact) mass is 589 g/mol. The summed E-state index contributed by atoms with van der Waals surface area (Å²) >= 11 is 2.09. The fraction of sp³-hybridized carbons (Fsp3) is 0.400. The molecule has 34 heavy (non-hydrogen) atoms. The smallest absolute Gasteiger partial charge is 0.332 e. The number of ether oxygens (including phenoxy) is 1. The van der Waals surface area contributed by atoms with Crippen LogP contribution in [0, 0.1) is 3.57 Å². The maximum absolute atomic E-state index is 12.9. The van der Waals surface area contributed by atoms with Crippen LogP contribution in [0.25, 0.3) is 0 Å². The lowest BCUT2D eigenvalue weighted by atomic mass is 10.2. The summed E-state index contributed by atoms with van der Waals surface area (Å²) in [5.74, 6) is -3.55. The van der Waals surface area contributed by atoms with Crippen molar-refractivity contribution < 1.29 is 38.6 Å². The zero-order chi connectivity index (χ0) is 25.4. The van der Waals surface area contributed by atoms with E-state index in [2.05, 4.69) is 38.5 Å². The maximum Gasteiger partial charge on any atom is 0.332 e. The summed E-state index contributed by atoms with van der Waals surface area (Å²) in [6.45, 7) is 0.276. The quantitative estimate of drug-likeness (QED) is 0.268. The van der Waals surface area contributed by atoms with Crippen LogP contribution in [0.4, 0.5) is 10.5 Å². The molecule has 1 aromatic carbocycles. The number of carboxylic acids is 1. The topological polar surface area (TPSA) is 174 Å². The van der Waals surface area contributed by atoms with Crippen molar-refractivity contribution in [2.24, 2.45) is 0 Å². The van der Waals surface area contributed by atoms with Crippen molar-refractivity contribution in [1.82, 2.24) is 20.9 Å². The lowest BCUT2D eigenvalue weighted by Gasteiger charge is -2.34. The van der Waals surface area contributed by atoms with E-state index >= 15 is 0 Å². The molecule has 1 saturated heterocycles. The molecule has 0 aliphatic carbocycles. The number of amides is 6. The summed E-state index contributed by atoms with van der Waals surface area (Å²) in [5, 5.41) is 15.6. The van der Waals surface area contributed by atoms with Crippen LogP contribution in [0.5, 0.6) is 5.75 Å². The second-order valence-corrected chi connectivity index (χ2v) is 8.39. The molecule has 184 valence electrons. The van der Waals surface area contributed by atoms with Gasteiger partial charge in [0.05, 0.1) is 25.8 Å². The average molecular weight is 589 g/mol. The number of urea groups is 1. The molecule has 14 heteroatoms. The van der Waals surface area contributed by atoms with Gasteiger partial charge in [0.2, 0.25) is 23.6 Å². The van der Waals surface area contributed by atoms with Crippen molar-refractivity contribution in [1.29, 1.82) is 0 Å². The number of hydrogen-bond acceptors (Lipinski definition) is 7. The molecular formula is C20H24IN5O8. The van der Waals surface area contributed by atoms with Gasteiger partial charge in [-0.1, -0.05) is 0 Å². The summed E-state index contributed by atoms with van der Waals surface area (Å²) in [7, 11) is 1.46. The molecule has 4 N–H and O–H groups in total. The molecule has 2 rings (SSSR count). The number of carboxylic acid groups (broad SMARTS) is 1. The zero-order valence-electron chi connectivity index (χ0n) is 18.4. The first-order valence-corrected chi connectivity index (χ1v) is 11.1. The predicted octanol–water partition coefficient (Wildman–Crippen LogP) is -0.372. The summed E-state index contributed by atoms with van der Waals surface area (Å²) in [4.78, 5) is 73.8. The lowest BCUT2D eigenvalue weighted by molar-refractivity contribution is -0.140. The number of anilines is 1. The second kappa shape index (κ2) is 12.2. The number of nitrogens with zero attached hydrogens (tertiary/aromatic N) is 2. The van der Waals surface area contributed by atoms with Gasteiger partial charge in [0.15, 0.2) is 0 Å². The van der Waals surface area contributed by atoms with Crippen LogP contribution < -0.4 is 25.6 Å². The highest BCUT2D eigenvalue weighted by Crippen LogP contribution is 2.32. The van der Waals surface area contributed by atoms with Crippen LogP contribution in [0.15, 0.2) is 18.2 Å². The highest BCUT2D eigenvalue weighted by molar-refractivity contribution is 14.1. The minimum Gasteiger partial charge on any atom is -0.495 e. The van der Waals surface area contributed by atoms with Crippen molar-refractivity contribution >= 4 is 63.9 Å². The molecule has 0 spiro atoms. The van der Waals surface area contributed by atoms with Crippen LogP contribution in [-0.4, -0.2) is 78.5 Å². The van der Waals surface area contributed by atoms with Gasteiger partial charge in [-0.3, -0.25) is 28.9 Å². The zero-order valence-corrected chi connectivity index (χ0v) is 20.6. The Morgan fingerprint density at radius 3 is 2.53 bits per heavy atom. The highest BCUT2D eigenvalue weighted by atomic mass is 127. The molecule has 1 aliphatic rings. The van der Waals surface area contributed by atoms with E-state index in [1.54, 1.807) is 12.1 Å². The fourth-order valence-corrected chi connectivity index (χ4v) is 3.57. The van der Waals surface area contributed by atoms with Gasteiger partial charge in [0, 0.05) is 23.5 Å². The van der Waals surface area contributed by atoms with Gasteiger partial charge in [-0.2, -0.15) is 0 Å². The Kier molecular flexibility index (Phi) is 9.58. The number of methoxy groups -OCH3 is 1. The van der Waals surface area contributed by atoms with Crippen LogP contribution in [-0.2, 0) is 24.0 Å². The van der Waals surface area contributed by atoms with Crippen molar-refractivity contribution in [3.63, 3.8) is 0 Å². The molecule has 0 aromatic heterocycles. The number of hydrogen-bond donors (Lipinski definition) is 4. The van der Waals surface area contributed by atoms with E-state index in [0.717, 1.165) is 15.4 Å². The molecule has 1 aromatic rings. The Labute approximate surface area is 208 Å². The largest absolute Gasteiger partial charge is 0.495 e. The molecule has 1 aliphatic heterocycles. The van der Waals surface area contributed by atoms with E-state index in [0.29, 0.717) is 11.4 Å². The SMILES string of the molecule is COc1ccc(I)cc1N1CCC(=O)N(CNC(=O)CNC(=O)[C@H](CC(=O)O)NC(C)=O)C1=O. The normalized spacial score (nSPS) is 14.3. The molecule has 1 fully saturated rings. The van der Waals surface area contributed by atoms with Crippen LogP contribution in [0.2, 0.25) is 0 Å². The van der Waals surface area contributed by atoms with Gasteiger partial charge in [-0.05, 0) is 40.8 Å². The number of nitrogens with one attached hydrogen (secondary N) is 3. The van der Waals surface area contributed by atoms with Crippen molar-refractivity contribution in [3.8, 4) is 5.75 Å². The first kappa shape index (κ1) is 26.8. The van der Waals surface area contributed by atoms with Gasteiger partial charge < -0.3 is 25.8 Å². The first-order valence-electron chi connectivity index (χ1n) is 10.0. The van der Waals surface area contributed by atoms with E-state index in [1.807, 2.05) is 6.07 Å². The van der Waals surface area contributed by atoms with E-state index in [9.17, 15) is 28.8 Å². The van der Waals surface area contributed by atoms with Crippen molar-refractivity contribution in [2.45, 2.75) is 25.8 Å². The number of rotatable bonds is 10. The van der Waals surface area contributed by atoms with Crippen LogP contribution in [0.1, 0.15) is 19.8 Å². The third kappa shape index (κ3) is 7.29. The molecule has 1 atom stereocenters. The number of imide groups is 1. The Bertz CT molecular complexity index is 985. The summed E-state index contributed by atoms with van der Waals surface area (Å²) < 4.78 is 6.17. The predicted molar refractivity (Wildman–Crippen MR) is 126 cm³/mol. The van der Waals surface area contributed by atoms with Gasteiger partial charge in [0.1, 0.15) is 18.5 Å². The Hall–Kier alpha value is -3.43. The molecule has 0 bridgehead atoms. The Balaban J connectivity index is 1.97. The number of aliphatic carboxylic acids is 1. The van der Waals surface area contributed by atoms with Crippen LogP contribution >= 0.6 is 22.6 Å². The second-order valence-electron chi connectivity index (χ2n) is 7.15. The molecule has 0 unspecified atom stereocenters. The number of carbonyl (C=O) groups is 6. The number of halogens is 1. The van der Waals surface area contributed by atoms with Gasteiger partial charge in [0.25, 0.3) is 0 Å². The first-order chi connectivity index (χ1) is 16.0. The maximum atomic E-state index is 12.9. The number of benzene rings is 1. The standard InChI is InChI=1S/C20H24IN5O8/c1-11(27)24-13(8-18(30)31)19(32)22-9-16(28)23-10-26-17(29)5-6-25(20(26)33)14-7-12(21)3-4-15(14)34-2/h3-4,7,13H,5-6,8-10H2,1-2H3,(H,22,32)(H,23,28)(H,24,27)(H,30,31)/t13-/m0/s1. The summed E-state index contributed by atoms with van der Waals surface area (Å²) in [6, 6.07) is 3.25. The summed E-state index contributed by atoms with van der Waals surface area (Å²) in [6.07, 6.45) is -0.637. The number of carbonyl (C=O) groups excluding carboxylic acids is 5. The lowest BCUT2D eigenvalue weighted by Crippen LogP contribution is -2.56. The molecule has 1 heterocycles. The van der Waals surface area contributed by atoms with Crippen LogP contribution in [0.3, 0.4) is 0 Å². The third-order valence-electron chi connectivity index (χ3n) is 4.67. The van der Waals surface area contributed by atoms with Crippen molar-refractivity contribution in [3.05, 3.63) is 21.8 Å². The molecule has 0 saturated carbocycles. The molecule has 0 radical (unpaired) electrons. The van der Waals surface area contributed by atoms with Gasteiger partial charge in [-0.15, -0.1) is 0 Å². The molecular weight excluding hydrogens is 565 g/mol.